The molecule has 0 bridgehead atoms. The van der Waals surface area contributed by atoms with E-state index in [0.717, 1.165) is 35.9 Å². The van der Waals surface area contributed by atoms with Crippen LogP contribution in [0.25, 0.3) is 10.6 Å². The zero-order chi connectivity index (χ0) is 20.9. The summed E-state index contributed by atoms with van der Waals surface area (Å²) < 4.78 is 0. The van der Waals surface area contributed by atoms with Crippen molar-refractivity contribution >= 4 is 28.8 Å². The van der Waals surface area contributed by atoms with Gasteiger partial charge in [0.05, 0.1) is 5.69 Å². The molecule has 1 N–H and O–H groups in total. The van der Waals surface area contributed by atoms with E-state index in [1.54, 1.807) is 35.6 Å². The molecule has 1 saturated heterocycles. The van der Waals surface area contributed by atoms with Crippen LogP contribution in [0.2, 0.25) is 0 Å². The number of aromatic nitrogens is 1. The van der Waals surface area contributed by atoms with Crippen LogP contribution in [-0.2, 0) is 11.3 Å². The summed E-state index contributed by atoms with van der Waals surface area (Å²) in [4.78, 5) is 33.1. The summed E-state index contributed by atoms with van der Waals surface area (Å²) >= 11 is 1.67. The number of thiazole rings is 1. The monoisotopic (exact) mass is 420 g/mol. The highest BCUT2D eigenvalue weighted by Gasteiger charge is 2.23. The van der Waals surface area contributed by atoms with Crippen LogP contribution >= 0.6 is 11.3 Å². The van der Waals surface area contributed by atoms with E-state index in [0.29, 0.717) is 24.3 Å². The molecule has 0 saturated carbocycles. The van der Waals surface area contributed by atoms with Crippen molar-refractivity contribution < 1.29 is 9.59 Å². The number of hydrogen-bond acceptors (Lipinski definition) is 5. The van der Waals surface area contributed by atoms with Gasteiger partial charge >= 0.3 is 0 Å². The standard InChI is InChI=1S/C23H24N4O2S/c1-17(28)24-20-9-5-8-19(14-20)23(29)27-12-10-26(11-13-27)15-21-16-30-22(25-21)18-6-3-2-4-7-18/h2-9,14,16H,10-13,15H2,1H3,(H,24,28). The summed E-state index contributed by atoms with van der Waals surface area (Å²) in [7, 11) is 0. The largest absolute Gasteiger partial charge is 0.336 e. The number of amides is 2. The molecular weight excluding hydrogens is 396 g/mol. The lowest BCUT2D eigenvalue weighted by atomic mass is 10.1. The van der Waals surface area contributed by atoms with Gasteiger partial charge in [-0.05, 0) is 18.2 Å². The highest BCUT2D eigenvalue weighted by molar-refractivity contribution is 7.13. The fraction of sp³-hybridized carbons (Fsp3) is 0.261. The van der Waals surface area contributed by atoms with E-state index in [4.69, 9.17) is 4.98 Å². The van der Waals surface area contributed by atoms with Gasteiger partial charge in [-0.2, -0.15) is 0 Å². The van der Waals surface area contributed by atoms with Gasteiger partial charge in [0.25, 0.3) is 5.91 Å². The SMILES string of the molecule is CC(=O)Nc1cccc(C(=O)N2CCN(Cc3csc(-c4ccccc4)n3)CC2)c1. The van der Waals surface area contributed by atoms with Crippen molar-refractivity contribution in [3.63, 3.8) is 0 Å². The fourth-order valence-corrected chi connectivity index (χ4v) is 4.36. The quantitative estimate of drug-likeness (QED) is 0.683. The molecule has 154 valence electrons. The minimum atomic E-state index is -0.148. The van der Waals surface area contributed by atoms with E-state index in [-0.39, 0.29) is 11.8 Å². The van der Waals surface area contributed by atoms with Gasteiger partial charge in [0.1, 0.15) is 5.01 Å². The van der Waals surface area contributed by atoms with E-state index in [9.17, 15) is 9.59 Å². The molecule has 30 heavy (non-hydrogen) atoms. The minimum absolute atomic E-state index is 0.00174. The first-order chi connectivity index (χ1) is 14.6. The number of anilines is 1. The molecule has 1 aromatic heterocycles. The highest BCUT2D eigenvalue weighted by atomic mass is 32.1. The predicted molar refractivity (Wildman–Crippen MR) is 119 cm³/mol. The van der Waals surface area contributed by atoms with Crippen LogP contribution in [0.5, 0.6) is 0 Å². The van der Waals surface area contributed by atoms with Crippen molar-refractivity contribution in [3.8, 4) is 10.6 Å². The van der Waals surface area contributed by atoms with Gasteiger partial charge in [0.15, 0.2) is 0 Å². The Kier molecular flexibility index (Phi) is 6.21. The van der Waals surface area contributed by atoms with Gasteiger partial charge in [-0.3, -0.25) is 14.5 Å². The lowest BCUT2D eigenvalue weighted by Gasteiger charge is -2.34. The number of hydrogen-bond donors (Lipinski definition) is 1. The fourth-order valence-electron chi connectivity index (χ4n) is 3.55. The Morgan fingerprint density at radius 2 is 1.80 bits per heavy atom. The summed E-state index contributed by atoms with van der Waals surface area (Å²) in [6.07, 6.45) is 0. The molecule has 0 radical (unpaired) electrons. The summed E-state index contributed by atoms with van der Waals surface area (Å²) in [6.45, 7) is 5.24. The maximum absolute atomic E-state index is 12.8. The van der Waals surface area contributed by atoms with Gasteiger partial charge in [-0.15, -0.1) is 11.3 Å². The van der Waals surface area contributed by atoms with Crippen LogP contribution in [-0.4, -0.2) is 52.8 Å². The number of benzene rings is 2. The van der Waals surface area contributed by atoms with Gasteiger partial charge in [-0.25, -0.2) is 4.98 Å². The number of carbonyl (C=O) groups excluding carboxylic acids is 2. The summed E-state index contributed by atoms with van der Waals surface area (Å²) in [5, 5.41) is 5.89. The smallest absolute Gasteiger partial charge is 0.254 e. The molecule has 7 heteroatoms. The third kappa shape index (κ3) is 4.93. The molecule has 1 fully saturated rings. The normalized spacial score (nSPS) is 14.5. The van der Waals surface area contributed by atoms with Crippen molar-refractivity contribution in [1.82, 2.24) is 14.8 Å². The zero-order valence-corrected chi connectivity index (χ0v) is 17.7. The van der Waals surface area contributed by atoms with E-state index in [1.165, 1.54) is 6.92 Å². The second kappa shape index (κ2) is 9.19. The average molecular weight is 421 g/mol. The number of nitrogens with one attached hydrogen (secondary N) is 1. The van der Waals surface area contributed by atoms with Crippen LogP contribution in [0.4, 0.5) is 5.69 Å². The molecule has 0 unspecified atom stereocenters. The zero-order valence-electron chi connectivity index (χ0n) is 16.9. The molecule has 2 aromatic carbocycles. The lowest BCUT2D eigenvalue weighted by Crippen LogP contribution is -2.48. The van der Waals surface area contributed by atoms with Crippen molar-refractivity contribution in [1.29, 1.82) is 0 Å². The number of piperazine rings is 1. The van der Waals surface area contributed by atoms with Crippen LogP contribution in [0.3, 0.4) is 0 Å². The van der Waals surface area contributed by atoms with Crippen LogP contribution in [0, 0.1) is 0 Å². The summed E-state index contributed by atoms with van der Waals surface area (Å²) in [5.74, 6) is -0.146. The molecule has 0 aliphatic carbocycles. The number of nitrogens with zero attached hydrogens (tertiary/aromatic N) is 3. The Labute approximate surface area is 180 Å². The first-order valence-electron chi connectivity index (χ1n) is 9.97. The van der Waals surface area contributed by atoms with Crippen LogP contribution in [0.1, 0.15) is 23.0 Å². The third-order valence-electron chi connectivity index (χ3n) is 5.05. The molecule has 2 heterocycles. The molecule has 3 aromatic rings. The molecule has 0 spiro atoms. The number of carbonyl (C=O) groups is 2. The third-order valence-corrected chi connectivity index (χ3v) is 5.99. The van der Waals surface area contributed by atoms with Gasteiger partial charge in [-0.1, -0.05) is 36.4 Å². The molecule has 1 aliphatic heterocycles. The molecule has 6 nitrogen and oxygen atoms in total. The Balaban J connectivity index is 1.32. The molecule has 1 aliphatic rings. The lowest BCUT2D eigenvalue weighted by molar-refractivity contribution is -0.114. The molecular formula is C23H24N4O2S. The first kappa shape index (κ1) is 20.3. The molecule has 2 amide bonds. The summed E-state index contributed by atoms with van der Waals surface area (Å²) in [6, 6.07) is 17.3. The van der Waals surface area contributed by atoms with Crippen LogP contribution in [0.15, 0.2) is 60.0 Å². The molecule has 4 rings (SSSR count). The minimum Gasteiger partial charge on any atom is -0.336 e. The first-order valence-corrected chi connectivity index (χ1v) is 10.9. The maximum Gasteiger partial charge on any atom is 0.254 e. The Morgan fingerprint density at radius 1 is 1.03 bits per heavy atom. The second-order valence-corrected chi connectivity index (χ2v) is 8.20. The Bertz CT molecular complexity index is 1030. The number of rotatable bonds is 5. The van der Waals surface area contributed by atoms with Crippen molar-refractivity contribution in [2.75, 3.05) is 31.5 Å². The van der Waals surface area contributed by atoms with Crippen molar-refractivity contribution in [2.24, 2.45) is 0 Å². The van der Waals surface area contributed by atoms with E-state index >= 15 is 0 Å². The van der Waals surface area contributed by atoms with Crippen molar-refractivity contribution in [2.45, 2.75) is 13.5 Å². The second-order valence-electron chi connectivity index (χ2n) is 7.34. The van der Waals surface area contributed by atoms with E-state index < -0.39 is 0 Å². The maximum atomic E-state index is 12.8. The van der Waals surface area contributed by atoms with E-state index in [1.807, 2.05) is 23.1 Å². The predicted octanol–water partition coefficient (Wildman–Crippen LogP) is 3.73. The van der Waals surface area contributed by atoms with Gasteiger partial charge in [0, 0.05) is 61.8 Å². The van der Waals surface area contributed by atoms with Gasteiger partial charge in [0.2, 0.25) is 5.91 Å². The average Bonchev–Trinajstić information content (AvgIpc) is 3.23. The molecule has 0 atom stereocenters. The Morgan fingerprint density at radius 3 is 2.53 bits per heavy atom. The topological polar surface area (TPSA) is 65.5 Å². The van der Waals surface area contributed by atoms with E-state index in [2.05, 4.69) is 27.7 Å². The Hall–Kier alpha value is -3.03. The van der Waals surface area contributed by atoms with Crippen molar-refractivity contribution in [3.05, 3.63) is 71.2 Å². The van der Waals surface area contributed by atoms with Crippen LogP contribution < -0.4 is 5.32 Å². The van der Waals surface area contributed by atoms with Gasteiger partial charge < -0.3 is 10.2 Å². The summed E-state index contributed by atoms with van der Waals surface area (Å²) in [5.41, 5.74) is 3.46. The highest BCUT2D eigenvalue weighted by Crippen LogP contribution is 2.24.